The van der Waals surface area contributed by atoms with Crippen molar-refractivity contribution >= 4 is 33.2 Å². The van der Waals surface area contributed by atoms with Crippen LogP contribution in [0.25, 0.3) is 0 Å². The quantitative estimate of drug-likeness (QED) is 0.723. The predicted octanol–water partition coefficient (Wildman–Crippen LogP) is 5.50. The summed E-state index contributed by atoms with van der Waals surface area (Å²) in [6, 6.07) is 12.6. The van der Waals surface area contributed by atoms with Crippen LogP contribution in [0, 0.1) is 5.82 Å². The van der Waals surface area contributed by atoms with Crippen molar-refractivity contribution in [1.29, 1.82) is 0 Å². The van der Waals surface area contributed by atoms with Crippen LogP contribution in [0.5, 0.6) is 0 Å². The lowest BCUT2D eigenvalue weighted by Gasteiger charge is -2.14. The van der Waals surface area contributed by atoms with Crippen molar-refractivity contribution in [2.75, 3.05) is 5.32 Å². The van der Waals surface area contributed by atoms with Gasteiger partial charge in [-0.05, 0) is 36.2 Å². The first-order chi connectivity index (χ1) is 9.08. The first kappa shape index (κ1) is 14.4. The summed E-state index contributed by atoms with van der Waals surface area (Å²) in [5, 5.41) is 3.28. The Morgan fingerprint density at radius 3 is 2.68 bits per heavy atom. The Bertz CT molecular complexity index is 572. The summed E-state index contributed by atoms with van der Waals surface area (Å²) in [6.07, 6.45) is 0. The fourth-order valence-corrected chi connectivity index (χ4v) is 2.54. The Hall–Kier alpha value is -1.06. The summed E-state index contributed by atoms with van der Waals surface area (Å²) in [5.74, 6) is -0.245. The van der Waals surface area contributed by atoms with Gasteiger partial charge in [-0.3, -0.25) is 0 Å². The van der Waals surface area contributed by atoms with Gasteiger partial charge in [-0.25, -0.2) is 4.39 Å². The monoisotopic (exact) mass is 341 g/mol. The molecule has 1 unspecified atom stereocenters. The second-order valence-corrected chi connectivity index (χ2v) is 5.80. The zero-order valence-corrected chi connectivity index (χ0v) is 12.8. The van der Waals surface area contributed by atoms with Gasteiger partial charge in [0, 0.05) is 16.7 Å². The van der Waals surface area contributed by atoms with Gasteiger partial charge in [0.25, 0.3) is 0 Å². The molecule has 0 aliphatic heterocycles. The maximum absolute atomic E-state index is 13.0. The molecule has 0 aromatic heterocycles. The molecular weight excluding hydrogens is 329 g/mol. The zero-order valence-electron chi connectivity index (χ0n) is 10.5. The summed E-state index contributed by atoms with van der Waals surface area (Å²) in [4.78, 5) is 0. The lowest BCUT2D eigenvalue weighted by Crippen LogP contribution is -2.03. The highest BCUT2D eigenvalue weighted by molar-refractivity contribution is 9.10. The molecule has 0 radical (unpaired) electrons. The van der Waals surface area contributed by atoms with E-state index in [9.17, 15) is 4.39 Å². The number of hydrogen-bond acceptors (Lipinski definition) is 1. The first-order valence-electron chi connectivity index (χ1n) is 5.98. The van der Waals surface area contributed by atoms with Crippen LogP contribution in [0.15, 0.2) is 46.9 Å². The number of rotatable bonds is 4. The molecule has 0 amide bonds. The smallest absolute Gasteiger partial charge is 0.124 e. The average molecular weight is 343 g/mol. The molecule has 4 heteroatoms. The number of nitrogens with one attached hydrogen (secondary N) is 1. The Balaban J connectivity index is 2.14. The second kappa shape index (κ2) is 6.40. The van der Waals surface area contributed by atoms with Gasteiger partial charge in [0.05, 0.1) is 5.38 Å². The van der Waals surface area contributed by atoms with Crippen molar-refractivity contribution in [3.05, 3.63) is 63.9 Å². The molecule has 2 aromatic carbocycles. The van der Waals surface area contributed by atoms with Crippen molar-refractivity contribution in [3.63, 3.8) is 0 Å². The minimum absolute atomic E-state index is 0.0552. The highest BCUT2D eigenvalue weighted by Crippen LogP contribution is 2.28. The zero-order chi connectivity index (χ0) is 13.8. The highest BCUT2D eigenvalue weighted by Gasteiger charge is 2.08. The van der Waals surface area contributed by atoms with Gasteiger partial charge in [0.15, 0.2) is 0 Å². The van der Waals surface area contributed by atoms with E-state index in [1.165, 1.54) is 12.1 Å². The van der Waals surface area contributed by atoms with E-state index in [1.807, 2.05) is 31.2 Å². The molecule has 0 saturated carbocycles. The van der Waals surface area contributed by atoms with Crippen LogP contribution < -0.4 is 5.32 Å². The number of benzene rings is 2. The average Bonchev–Trinajstić information content (AvgIpc) is 2.38. The molecule has 2 aromatic rings. The molecule has 1 nitrogen and oxygen atoms in total. The van der Waals surface area contributed by atoms with E-state index in [2.05, 4.69) is 21.2 Å². The number of para-hydroxylation sites is 1. The maximum Gasteiger partial charge on any atom is 0.124 e. The van der Waals surface area contributed by atoms with E-state index in [-0.39, 0.29) is 11.2 Å². The van der Waals surface area contributed by atoms with Gasteiger partial charge < -0.3 is 5.32 Å². The summed E-state index contributed by atoms with van der Waals surface area (Å²) in [6.45, 7) is 2.55. The summed E-state index contributed by atoms with van der Waals surface area (Å²) < 4.78 is 13.8. The van der Waals surface area contributed by atoms with E-state index in [0.717, 1.165) is 21.3 Å². The van der Waals surface area contributed by atoms with Gasteiger partial charge in [-0.15, -0.1) is 11.6 Å². The van der Waals surface area contributed by atoms with Crippen LogP contribution in [-0.2, 0) is 6.54 Å². The maximum atomic E-state index is 13.0. The molecular formula is C15H14BrClFN. The summed E-state index contributed by atoms with van der Waals surface area (Å²) in [5.41, 5.74) is 3.06. The van der Waals surface area contributed by atoms with E-state index < -0.39 is 0 Å². The van der Waals surface area contributed by atoms with Crippen LogP contribution in [0.1, 0.15) is 23.4 Å². The second-order valence-electron chi connectivity index (χ2n) is 4.29. The number of halogens is 3. The topological polar surface area (TPSA) is 12.0 Å². The van der Waals surface area contributed by atoms with Gasteiger partial charge in [-0.2, -0.15) is 0 Å². The van der Waals surface area contributed by atoms with Crippen molar-refractivity contribution < 1.29 is 4.39 Å². The van der Waals surface area contributed by atoms with Crippen molar-refractivity contribution in [3.8, 4) is 0 Å². The Labute approximate surface area is 125 Å². The summed E-state index contributed by atoms with van der Waals surface area (Å²) in [7, 11) is 0. The molecule has 0 aliphatic rings. The first-order valence-corrected chi connectivity index (χ1v) is 7.21. The summed E-state index contributed by atoms with van der Waals surface area (Å²) >= 11 is 9.51. The van der Waals surface area contributed by atoms with Gasteiger partial charge in [0.2, 0.25) is 0 Å². The lowest BCUT2D eigenvalue weighted by atomic mass is 10.1. The number of hydrogen-bond donors (Lipinski definition) is 1. The third-order valence-corrected chi connectivity index (χ3v) is 3.85. The van der Waals surface area contributed by atoms with Crippen molar-refractivity contribution in [1.82, 2.24) is 0 Å². The molecule has 1 N–H and O–H groups in total. The molecule has 0 heterocycles. The van der Waals surface area contributed by atoms with Crippen molar-refractivity contribution in [2.45, 2.75) is 18.8 Å². The molecule has 1 atom stereocenters. The minimum Gasteiger partial charge on any atom is -0.381 e. The number of anilines is 1. The fourth-order valence-electron chi connectivity index (χ4n) is 1.86. The van der Waals surface area contributed by atoms with Crippen LogP contribution in [0.2, 0.25) is 0 Å². The molecule has 0 bridgehead atoms. The van der Waals surface area contributed by atoms with E-state index in [4.69, 9.17) is 11.6 Å². The van der Waals surface area contributed by atoms with Crippen LogP contribution in [0.3, 0.4) is 0 Å². The Morgan fingerprint density at radius 1 is 1.26 bits per heavy atom. The molecule has 0 fully saturated rings. The lowest BCUT2D eigenvalue weighted by molar-refractivity contribution is 0.626. The van der Waals surface area contributed by atoms with Crippen LogP contribution in [-0.4, -0.2) is 0 Å². The number of alkyl halides is 1. The molecule has 19 heavy (non-hydrogen) atoms. The van der Waals surface area contributed by atoms with E-state index in [0.29, 0.717) is 6.54 Å². The van der Waals surface area contributed by atoms with Gasteiger partial charge in [0.1, 0.15) is 5.82 Å². The molecule has 0 aliphatic carbocycles. The van der Waals surface area contributed by atoms with Crippen molar-refractivity contribution in [2.24, 2.45) is 0 Å². The third-order valence-electron chi connectivity index (χ3n) is 2.87. The Morgan fingerprint density at radius 2 is 2.00 bits per heavy atom. The largest absolute Gasteiger partial charge is 0.381 e. The predicted molar refractivity (Wildman–Crippen MR) is 82.1 cm³/mol. The van der Waals surface area contributed by atoms with E-state index in [1.54, 1.807) is 6.07 Å². The molecule has 100 valence electrons. The highest BCUT2D eigenvalue weighted by atomic mass is 79.9. The molecule has 2 rings (SSSR count). The minimum atomic E-state index is -0.245. The third kappa shape index (κ3) is 3.71. The van der Waals surface area contributed by atoms with Gasteiger partial charge in [-0.1, -0.05) is 40.2 Å². The Kier molecular flexibility index (Phi) is 4.83. The normalized spacial score (nSPS) is 12.2. The van der Waals surface area contributed by atoms with E-state index >= 15 is 0 Å². The van der Waals surface area contributed by atoms with Crippen LogP contribution in [0.4, 0.5) is 10.1 Å². The fraction of sp³-hybridized carbons (Fsp3) is 0.200. The molecule has 0 spiro atoms. The molecule has 0 saturated heterocycles. The standard InChI is InChI=1S/C15H14BrClFN/c1-10(17)13-4-2-3-5-15(13)19-9-11-6-7-12(18)8-14(11)16/h2-8,10,19H,9H2,1H3. The van der Waals surface area contributed by atoms with Crippen LogP contribution >= 0.6 is 27.5 Å². The SMILES string of the molecule is CC(Cl)c1ccccc1NCc1ccc(F)cc1Br. The van der Waals surface area contributed by atoms with Gasteiger partial charge >= 0.3 is 0 Å².